The number of benzene rings is 1. The molecule has 1 fully saturated rings. The molecule has 0 bridgehead atoms. The van der Waals surface area contributed by atoms with E-state index in [1.807, 2.05) is 6.07 Å². The molecule has 2 unspecified atom stereocenters. The van der Waals surface area contributed by atoms with Gasteiger partial charge in [0.05, 0.1) is 18.8 Å². The van der Waals surface area contributed by atoms with Crippen molar-refractivity contribution in [2.45, 2.75) is 44.9 Å². The van der Waals surface area contributed by atoms with Crippen molar-refractivity contribution in [2.24, 2.45) is 0 Å². The summed E-state index contributed by atoms with van der Waals surface area (Å²) in [7, 11) is 0. The van der Waals surface area contributed by atoms with Crippen LogP contribution in [0.4, 0.5) is 0 Å². The molecule has 1 N–H and O–H groups in total. The Morgan fingerprint density at radius 3 is 2.95 bits per heavy atom. The van der Waals surface area contributed by atoms with E-state index in [1.165, 1.54) is 5.56 Å². The third kappa shape index (κ3) is 5.17. The molecule has 1 saturated heterocycles. The van der Waals surface area contributed by atoms with Crippen LogP contribution in [0.5, 0.6) is 0 Å². The molecule has 0 radical (unpaired) electrons. The van der Waals surface area contributed by atoms with Gasteiger partial charge < -0.3 is 14.8 Å². The molecule has 1 aromatic carbocycles. The number of nitrogens with one attached hydrogen (secondary N) is 1. The molecule has 0 aliphatic carbocycles. The molecule has 1 aliphatic heterocycles. The average Bonchev–Trinajstić information content (AvgIpc) is 2.91. The normalized spacial score (nSPS) is 20.5. The van der Waals surface area contributed by atoms with Gasteiger partial charge in [-0.25, -0.2) is 0 Å². The highest BCUT2D eigenvalue weighted by atomic mass is 79.9. The van der Waals surface area contributed by atoms with Crippen molar-refractivity contribution < 1.29 is 9.47 Å². The van der Waals surface area contributed by atoms with Crippen molar-refractivity contribution in [1.29, 1.82) is 0 Å². The van der Waals surface area contributed by atoms with Gasteiger partial charge in [-0.15, -0.1) is 0 Å². The highest BCUT2D eigenvalue weighted by molar-refractivity contribution is 9.10. The van der Waals surface area contributed by atoms with E-state index in [1.54, 1.807) is 0 Å². The molecular formula is C16H24BrNO2. The minimum absolute atomic E-state index is 0.0686. The van der Waals surface area contributed by atoms with Gasteiger partial charge in [0.2, 0.25) is 0 Å². The van der Waals surface area contributed by atoms with Gasteiger partial charge in [0.25, 0.3) is 0 Å². The summed E-state index contributed by atoms with van der Waals surface area (Å²) in [6.07, 6.45) is 2.60. The number of hydrogen-bond acceptors (Lipinski definition) is 3. The van der Waals surface area contributed by atoms with Crippen LogP contribution in [0, 0.1) is 0 Å². The van der Waals surface area contributed by atoms with Crippen LogP contribution in [0.3, 0.4) is 0 Å². The van der Waals surface area contributed by atoms with Crippen molar-refractivity contribution in [1.82, 2.24) is 5.32 Å². The van der Waals surface area contributed by atoms with Gasteiger partial charge >= 0.3 is 0 Å². The highest BCUT2D eigenvalue weighted by Gasteiger charge is 2.19. The molecule has 4 heteroatoms. The topological polar surface area (TPSA) is 30.5 Å². The molecule has 20 heavy (non-hydrogen) atoms. The molecule has 3 nitrogen and oxygen atoms in total. The number of halogens is 1. The monoisotopic (exact) mass is 341 g/mol. The fourth-order valence-corrected chi connectivity index (χ4v) is 2.74. The predicted octanol–water partition coefficient (Wildman–Crippen LogP) is 3.68. The molecule has 2 rings (SSSR count). The van der Waals surface area contributed by atoms with Crippen molar-refractivity contribution in [3.63, 3.8) is 0 Å². The van der Waals surface area contributed by atoms with Crippen LogP contribution < -0.4 is 5.32 Å². The van der Waals surface area contributed by atoms with Crippen LogP contribution in [0.2, 0.25) is 0 Å². The second-order valence-electron chi connectivity index (χ2n) is 5.57. The maximum Gasteiger partial charge on any atom is 0.0951 e. The Kier molecular flexibility index (Phi) is 6.49. The van der Waals surface area contributed by atoms with E-state index in [2.05, 4.69) is 53.3 Å². The summed E-state index contributed by atoms with van der Waals surface area (Å²) in [5.74, 6) is 0. The summed E-state index contributed by atoms with van der Waals surface area (Å²) in [4.78, 5) is 0. The van der Waals surface area contributed by atoms with Gasteiger partial charge in [0.15, 0.2) is 0 Å². The Balaban J connectivity index is 1.95. The molecule has 0 spiro atoms. The van der Waals surface area contributed by atoms with E-state index in [0.29, 0.717) is 12.6 Å². The lowest BCUT2D eigenvalue weighted by atomic mass is 10.1. The predicted molar refractivity (Wildman–Crippen MR) is 84.9 cm³/mol. The second-order valence-corrected chi connectivity index (χ2v) is 6.49. The van der Waals surface area contributed by atoms with Gasteiger partial charge in [0, 0.05) is 23.7 Å². The Morgan fingerprint density at radius 1 is 1.45 bits per heavy atom. The quantitative estimate of drug-likeness (QED) is 0.820. The fourth-order valence-electron chi connectivity index (χ4n) is 2.32. The lowest BCUT2D eigenvalue weighted by molar-refractivity contribution is -0.0215. The van der Waals surface area contributed by atoms with Crippen molar-refractivity contribution in [3.05, 3.63) is 34.3 Å². The van der Waals surface area contributed by atoms with Gasteiger partial charge in [0.1, 0.15) is 0 Å². The van der Waals surface area contributed by atoms with Crippen LogP contribution in [0.25, 0.3) is 0 Å². The van der Waals surface area contributed by atoms with E-state index in [4.69, 9.17) is 9.47 Å². The second kappa shape index (κ2) is 8.13. The Labute approximate surface area is 130 Å². The number of ether oxygens (including phenoxy) is 2. The summed E-state index contributed by atoms with van der Waals surface area (Å²) >= 11 is 3.53. The fraction of sp³-hybridized carbons (Fsp3) is 0.625. The number of hydrogen-bond donors (Lipinski definition) is 1. The third-order valence-electron chi connectivity index (χ3n) is 3.44. The molecule has 0 saturated carbocycles. The molecule has 2 atom stereocenters. The smallest absolute Gasteiger partial charge is 0.0951 e. The molecule has 112 valence electrons. The largest absolute Gasteiger partial charge is 0.376 e. The van der Waals surface area contributed by atoms with E-state index in [-0.39, 0.29) is 12.2 Å². The SMILES string of the molecule is CC(C)NCC(OCC1CCCO1)c1cccc(Br)c1. The first-order valence-corrected chi connectivity index (χ1v) is 8.16. The van der Waals surface area contributed by atoms with E-state index in [9.17, 15) is 0 Å². The zero-order chi connectivity index (χ0) is 14.4. The van der Waals surface area contributed by atoms with E-state index >= 15 is 0 Å². The van der Waals surface area contributed by atoms with E-state index < -0.39 is 0 Å². The van der Waals surface area contributed by atoms with Crippen LogP contribution in [-0.4, -0.2) is 31.9 Å². The molecular weight excluding hydrogens is 318 g/mol. The summed E-state index contributed by atoms with van der Waals surface area (Å²) in [6.45, 7) is 6.67. The lowest BCUT2D eigenvalue weighted by Crippen LogP contribution is -2.30. The molecule has 0 amide bonds. The Hall–Kier alpha value is -0.420. The first kappa shape index (κ1) is 16.0. The van der Waals surface area contributed by atoms with Crippen LogP contribution in [0.1, 0.15) is 38.4 Å². The van der Waals surface area contributed by atoms with Gasteiger partial charge in [-0.1, -0.05) is 41.9 Å². The summed E-state index contributed by atoms with van der Waals surface area (Å²) in [6, 6.07) is 8.79. The maximum absolute atomic E-state index is 6.11. The number of rotatable bonds is 7. The van der Waals surface area contributed by atoms with Crippen LogP contribution >= 0.6 is 15.9 Å². The summed E-state index contributed by atoms with van der Waals surface area (Å²) < 4.78 is 12.8. The first-order valence-electron chi connectivity index (χ1n) is 7.37. The standard InChI is InChI=1S/C16H24BrNO2/c1-12(2)18-10-16(13-5-3-6-14(17)9-13)20-11-15-7-4-8-19-15/h3,5-6,9,12,15-16,18H,4,7-8,10-11H2,1-2H3. The van der Waals surface area contributed by atoms with Crippen LogP contribution in [-0.2, 0) is 9.47 Å². The van der Waals surface area contributed by atoms with Crippen molar-refractivity contribution >= 4 is 15.9 Å². The minimum Gasteiger partial charge on any atom is -0.376 e. The third-order valence-corrected chi connectivity index (χ3v) is 3.93. The first-order chi connectivity index (χ1) is 9.65. The molecule has 1 aromatic rings. The molecule has 1 aliphatic rings. The zero-order valence-electron chi connectivity index (χ0n) is 12.3. The van der Waals surface area contributed by atoms with Gasteiger partial charge in [-0.3, -0.25) is 0 Å². The van der Waals surface area contributed by atoms with Crippen LogP contribution in [0.15, 0.2) is 28.7 Å². The highest BCUT2D eigenvalue weighted by Crippen LogP contribution is 2.23. The summed E-state index contributed by atoms with van der Waals surface area (Å²) in [5.41, 5.74) is 1.20. The van der Waals surface area contributed by atoms with Crippen molar-refractivity contribution in [2.75, 3.05) is 19.8 Å². The zero-order valence-corrected chi connectivity index (χ0v) is 13.9. The Morgan fingerprint density at radius 2 is 2.30 bits per heavy atom. The van der Waals surface area contributed by atoms with Gasteiger partial charge in [-0.05, 0) is 30.5 Å². The van der Waals surface area contributed by atoms with Gasteiger partial charge in [-0.2, -0.15) is 0 Å². The van der Waals surface area contributed by atoms with E-state index in [0.717, 1.165) is 30.5 Å². The Bertz CT molecular complexity index is 405. The molecule has 1 heterocycles. The summed E-state index contributed by atoms with van der Waals surface area (Å²) in [5, 5.41) is 3.46. The lowest BCUT2D eigenvalue weighted by Gasteiger charge is -2.22. The maximum atomic E-state index is 6.11. The van der Waals surface area contributed by atoms with Crippen molar-refractivity contribution in [3.8, 4) is 0 Å². The average molecular weight is 342 g/mol. The molecule has 0 aromatic heterocycles. The minimum atomic E-state index is 0.0686.